The molecule has 0 bridgehead atoms. The second-order valence-corrected chi connectivity index (χ2v) is 9.95. The highest BCUT2D eigenvalue weighted by Gasteiger charge is 2.29. The summed E-state index contributed by atoms with van der Waals surface area (Å²) in [5.74, 6) is 0.697. The number of nitrogens with zero attached hydrogens (tertiary/aromatic N) is 1. The molecule has 2 aromatic rings. The van der Waals surface area contributed by atoms with Crippen LogP contribution < -0.4 is 13.8 Å². The maximum atomic E-state index is 12.7. The number of hydrogen-bond acceptors (Lipinski definition) is 5. The van der Waals surface area contributed by atoms with Gasteiger partial charge in [-0.2, -0.15) is 0 Å². The molecule has 3 rings (SSSR count). The Kier molecular flexibility index (Phi) is 5.34. The Morgan fingerprint density at radius 3 is 2.44 bits per heavy atom. The van der Waals surface area contributed by atoms with E-state index >= 15 is 0 Å². The highest BCUT2D eigenvalue weighted by Crippen LogP contribution is 2.30. The number of ether oxygens (including phenoxy) is 1. The highest BCUT2D eigenvalue weighted by atomic mass is 32.2. The fourth-order valence-electron chi connectivity index (χ4n) is 2.89. The predicted molar refractivity (Wildman–Crippen MR) is 105 cm³/mol. The molecular formula is C18H22N2O5S2. The molecule has 1 aliphatic rings. The fraction of sp³-hybridized carbons (Fsp3) is 0.333. The summed E-state index contributed by atoms with van der Waals surface area (Å²) in [6.45, 7) is 4.51. The summed E-state index contributed by atoms with van der Waals surface area (Å²) in [5, 5.41) is 0. The zero-order valence-electron chi connectivity index (χ0n) is 15.2. The van der Waals surface area contributed by atoms with Gasteiger partial charge in [0.1, 0.15) is 5.75 Å². The van der Waals surface area contributed by atoms with Gasteiger partial charge in [0.25, 0.3) is 10.0 Å². The molecule has 7 nitrogen and oxygen atoms in total. The second kappa shape index (κ2) is 7.40. The maximum Gasteiger partial charge on any atom is 0.261 e. The molecule has 1 N–H and O–H groups in total. The summed E-state index contributed by atoms with van der Waals surface area (Å²) in [7, 11) is -7.14. The minimum Gasteiger partial charge on any atom is -0.494 e. The van der Waals surface area contributed by atoms with Crippen LogP contribution >= 0.6 is 0 Å². The first-order chi connectivity index (χ1) is 12.7. The quantitative estimate of drug-likeness (QED) is 0.790. The molecule has 0 spiro atoms. The molecule has 0 aromatic heterocycles. The predicted octanol–water partition coefficient (Wildman–Crippen LogP) is 2.73. The summed E-state index contributed by atoms with van der Waals surface area (Å²) in [4.78, 5) is 0.101. The lowest BCUT2D eigenvalue weighted by Crippen LogP contribution is -2.25. The lowest BCUT2D eigenvalue weighted by molar-refractivity contribution is 0.340. The Morgan fingerprint density at radius 2 is 1.85 bits per heavy atom. The van der Waals surface area contributed by atoms with Crippen LogP contribution in [0.25, 0.3) is 0 Å². The Bertz CT molecular complexity index is 1030. The molecule has 1 aliphatic heterocycles. The number of sulfonamides is 2. The van der Waals surface area contributed by atoms with Crippen molar-refractivity contribution >= 4 is 31.4 Å². The molecule has 1 fully saturated rings. The van der Waals surface area contributed by atoms with Crippen molar-refractivity contribution in [3.05, 3.63) is 48.0 Å². The highest BCUT2D eigenvalue weighted by molar-refractivity contribution is 7.93. The van der Waals surface area contributed by atoms with Crippen LogP contribution in [0.2, 0.25) is 0 Å². The van der Waals surface area contributed by atoms with Crippen molar-refractivity contribution < 1.29 is 21.6 Å². The van der Waals surface area contributed by atoms with Crippen LogP contribution in [0.3, 0.4) is 0 Å². The number of hydrogen-bond donors (Lipinski definition) is 1. The molecule has 146 valence electrons. The van der Waals surface area contributed by atoms with Gasteiger partial charge >= 0.3 is 0 Å². The van der Waals surface area contributed by atoms with Crippen LogP contribution in [-0.2, 0) is 20.0 Å². The van der Waals surface area contributed by atoms with E-state index in [0.717, 1.165) is 0 Å². The molecule has 0 atom stereocenters. The Balaban J connectivity index is 1.89. The molecule has 1 heterocycles. The van der Waals surface area contributed by atoms with Crippen LogP contribution in [0.1, 0.15) is 18.9 Å². The number of anilines is 2. The Labute approximate surface area is 160 Å². The third-order valence-electron chi connectivity index (χ3n) is 4.30. The number of nitrogens with one attached hydrogen (secondary N) is 1. The van der Waals surface area contributed by atoms with Gasteiger partial charge in [0.2, 0.25) is 10.0 Å². The zero-order chi connectivity index (χ0) is 19.7. The molecule has 9 heteroatoms. The monoisotopic (exact) mass is 410 g/mol. The smallest absolute Gasteiger partial charge is 0.261 e. The standard InChI is InChI=1S/C18H22N2O5S2/c1-3-25-16-7-9-17(10-8-16)27(23,24)19-18-13-15(6-5-14(18)2)20-11-4-12-26(20,21)22/h5-10,13,19H,3-4,11-12H2,1-2H3. The molecule has 2 aromatic carbocycles. The minimum absolute atomic E-state index is 0.101. The molecule has 27 heavy (non-hydrogen) atoms. The molecule has 0 aliphatic carbocycles. The average molecular weight is 411 g/mol. The topological polar surface area (TPSA) is 92.8 Å². The van der Waals surface area contributed by atoms with Crippen LogP contribution in [0.5, 0.6) is 5.75 Å². The summed E-state index contributed by atoms with van der Waals surface area (Å²) in [5.41, 5.74) is 1.51. The van der Waals surface area contributed by atoms with E-state index in [0.29, 0.717) is 42.3 Å². The van der Waals surface area contributed by atoms with Gasteiger partial charge in [-0.3, -0.25) is 9.03 Å². The van der Waals surface area contributed by atoms with Crippen molar-refractivity contribution in [2.45, 2.75) is 25.2 Å². The zero-order valence-corrected chi connectivity index (χ0v) is 16.8. The fourth-order valence-corrected chi connectivity index (χ4v) is 5.57. The van der Waals surface area contributed by atoms with E-state index in [-0.39, 0.29) is 10.6 Å². The van der Waals surface area contributed by atoms with E-state index in [1.165, 1.54) is 16.4 Å². The van der Waals surface area contributed by atoms with Crippen molar-refractivity contribution in [1.29, 1.82) is 0 Å². The SMILES string of the molecule is CCOc1ccc(S(=O)(=O)Nc2cc(N3CCCS3(=O)=O)ccc2C)cc1. The van der Waals surface area contributed by atoms with Gasteiger partial charge in [0.05, 0.1) is 28.6 Å². The molecule has 0 unspecified atom stereocenters. The largest absolute Gasteiger partial charge is 0.494 e. The van der Waals surface area contributed by atoms with E-state index in [1.54, 1.807) is 37.3 Å². The van der Waals surface area contributed by atoms with Gasteiger partial charge in [-0.1, -0.05) is 6.07 Å². The van der Waals surface area contributed by atoms with Crippen LogP contribution in [0.15, 0.2) is 47.4 Å². The van der Waals surface area contributed by atoms with Gasteiger partial charge in [0, 0.05) is 6.54 Å². The normalized spacial score (nSPS) is 16.3. The summed E-state index contributed by atoms with van der Waals surface area (Å²) < 4.78 is 58.9. The third kappa shape index (κ3) is 4.19. The van der Waals surface area contributed by atoms with Crippen molar-refractivity contribution in [2.24, 2.45) is 0 Å². The summed E-state index contributed by atoms with van der Waals surface area (Å²) in [6, 6.07) is 11.1. The minimum atomic E-state index is -3.81. The average Bonchev–Trinajstić information content (AvgIpc) is 2.97. The lowest BCUT2D eigenvalue weighted by Gasteiger charge is -2.19. The van der Waals surface area contributed by atoms with Crippen LogP contribution in [-0.4, -0.2) is 35.7 Å². The second-order valence-electron chi connectivity index (χ2n) is 6.25. The van der Waals surface area contributed by atoms with Gasteiger partial charge in [-0.25, -0.2) is 16.8 Å². The van der Waals surface area contributed by atoms with Crippen LogP contribution in [0.4, 0.5) is 11.4 Å². The van der Waals surface area contributed by atoms with E-state index in [2.05, 4.69) is 4.72 Å². The van der Waals surface area contributed by atoms with E-state index < -0.39 is 20.0 Å². The number of aryl methyl sites for hydroxylation is 1. The van der Waals surface area contributed by atoms with Gasteiger partial charge in [0.15, 0.2) is 0 Å². The van der Waals surface area contributed by atoms with Crippen molar-refractivity contribution in [3.63, 3.8) is 0 Å². The first kappa shape index (κ1) is 19.5. The third-order valence-corrected chi connectivity index (χ3v) is 7.55. The molecule has 1 saturated heterocycles. The Morgan fingerprint density at radius 1 is 1.15 bits per heavy atom. The van der Waals surface area contributed by atoms with Gasteiger partial charge in [-0.05, 0) is 62.2 Å². The van der Waals surface area contributed by atoms with Gasteiger partial charge in [-0.15, -0.1) is 0 Å². The molecular weight excluding hydrogens is 388 g/mol. The van der Waals surface area contributed by atoms with Crippen molar-refractivity contribution in [1.82, 2.24) is 0 Å². The molecule has 0 radical (unpaired) electrons. The molecule has 0 saturated carbocycles. The first-order valence-corrected chi connectivity index (χ1v) is 11.7. The number of benzene rings is 2. The Hall–Kier alpha value is -2.26. The lowest BCUT2D eigenvalue weighted by atomic mass is 10.2. The van der Waals surface area contributed by atoms with Crippen molar-refractivity contribution in [2.75, 3.05) is 27.9 Å². The maximum absolute atomic E-state index is 12.7. The van der Waals surface area contributed by atoms with E-state index in [4.69, 9.17) is 4.74 Å². The van der Waals surface area contributed by atoms with E-state index in [9.17, 15) is 16.8 Å². The molecule has 0 amide bonds. The van der Waals surface area contributed by atoms with E-state index in [1.807, 2.05) is 6.92 Å². The van der Waals surface area contributed by atoms with Crippen molar-refractivity contribution in [3.8, 4) is 5.75 Å². The first-order valence-electron chi connectivity index (χ1n) is 8.60. The summed E-state index contributed by atoms with van der Waals surface area (Å²) in [6.07, 6.45) is 0.559. The van der Waals surface area contributed by atoms with Gasteiger partial charge < -0.3 is 4.74 Å². The number of rotatable bonds is 6. The van der Waals surface area contributed by atoms with Crippen LogP contribution in [0, 0.1) is 6.92 Å². The summed E-state index contributed by atoms with van der Waals surface area (Å²) >= 11 is 0.